The zero-order valence-electron chi connectivity index (χ0n) is 9.58. The van der Waals surface area contributed by atoms with Crippen molar-refractivity contribution in [1.82, 2.24) is 9.47 Å². The van der Waals surface area contributed by atoms with Crippen molar-refractivity contribution in [3.05, 3.63) is 22.4 Å². The molecule has 1 saturated heterocycles. The monoisotopic (exact) mass is 284 g/mol. The van der Waals surface area contributed by atoms with E-state index in [1.165, 1.54) is 12.8 Å². The van der Waals surface area contributed by atoms with Crippen molar-refractivity contribution in [3.8, 4) is 0 Å². The van der Waals surface area contributed by atoms with E-state index in [0.29, 0.717) is 0 Å². The number of amides is 1. The summed E-state index contributed by atoms with van der Waals surface area (Å²) < 4.78 is 2.85. The summed E-state index contributed by atoms with van der Waals surface area (Å²) in [7, 11) is 1.91. The van der Waals surface area contributed by atoms with E-state index < -0.39 is 0 Å². The Balaban J connectivity index is 2.14. The first kappa shape index (κ1) is 11.7. The van der Waals surface area contributed by atoms with Crippen LogP contribution in [-0.4, -0.2) is 28.5 Å². The van der Waals surface area contributed by atoms with Gasteiger partial charge < -0.3 is 9.47 Å². The van der Waals surface area contributed by atoms with Gasteiger partial charge in [0, 0.05) is 30.8 Å². The highest BCUT2D eigenvalue weighted by Crippen LogP contribution is 2.17. The van der Waals surface area contributed by atoms with Gasteiger partial charge in [0.2, 0.25) is 0 Å². The fraction of sp³-hybridized carbons (Fsp3) is 0.583. The third kappa shape index (κ3) is 2.48. The lowest BCUT2D eigenvalue weighted by Crippen LogP contribution is -2.32. The molecule has 0 bridgehead atoms. The Morgan fingerprint density at radius 3 is 2.38 bits per heavy atom. The normalized spacial score (nSPS) is 17.2. The lowest BCUT2D eigenvalue weighted by molar-refractivity contribution is 0.0752. The summed E-state index contributed by atoms with van der Waals surface area (Å²) in [5, 5.41) is 0. The third-order valence-electron chi connectivity index (χ3n) is 3.08. The molecule has 1 fully saturated rings. The highest BCUT2D eigenvalue weighted by atomic mass is 79.9. The van der Waals surface area contributed by atoms with Gasteiger partial charge in [0.25, 0.3) is 5.91 Å². The van der Waals surface area contributed by atoms with Crippen LogP contribution in [0.4, 0.5) is 0 Å². The number of hydrogen-bond acceptors (Lipinski definition) is 1. The molecule has 1 aliphatic rings. The van der Waals surface area contributed by atoms with E-state index in [9.17, 15) is 4.79 Å². The van der Waals surface area contributed by atoms with Crippen molar-refractivity contribution in [3.63, 3.8) is 0 Å². The number of carbonyl (C=O) groups excluding carboxylic acids is 1. The summed E-state index contributed by atoms with van der Waals surface area (Å²) in [6.07, 6.45) is 6.70. The molecule has 0 spiro atoms. The van der Waals surface area contributed by atoms with Gasteiger partial charge in [-0.2, -0.15) is 0 Å². The molecule has 2 rings (SSSR count). The number of aryl methyl sites for hydroxylation is 1. The summed E-state index contributed by atoms with van der Waals surface area (Å²) in [6, 6.07) is 1.90. The second kappa shape index (κ2) is 5.04. The first-order valence-electron chi connectivity index (χ1n) is 5.79. The molecule has 16 heavy (non-hydrogen) atoms. The molecular weight excluding hydrogens is 268 g/mol. The maximum absolute atomic E-state index is 12.3. The van der Waals surface area contributed by atoms with Crippen LogP contribution in [0.1, 0.15) is 36.2 Å². The van der Waals surface area contributed by atoms with Crippen LogP contribution >= 0.6 is 15.9 Å². The highest BCUT2D eigenvalue weighted by molar-refractivity contribution is 9.10. The van der Waals surface area contributed by atoms with E-state index >= 15 is 0 Å². The van der Waals surface area contributed by atoms with Crippen LogP contribution in [0.2, 0.25) is 0 Å². The van der Waals surface area contributed by atoms with Crippen molar-refractivity contribution >= 4 is 21.8 Å². The second-order valence-electron chi connectivity index (χ2n) is 4.36. The molecule has 3 nitrogen and oxygen atoms in total. The second-order valence-corrected chi connectivity index (χ2v) is 5.28. The minimum Gasteiger partial charge on any atom is -0.345 e. The Morgan fingerprint density at radius 2 is 1.88 bits per heavy atom. The molecule has 0 radical (unpaired) electrons. The number of hydrogen-bond donors (Lipinski definition) is 0. The quantitative estimate of drug-likeness (QED) is 0.779. The number of rotatable bonds is 1. The summed E-state index contributed by atoms with van der Waals surface area (Å²) in [6.45, 7) is 1.81. The molecule has 0 aliphatic carbocycles. The zero-order chi connectivity index (χ0) is 11.5. The van der Waals surface area contributed by atoms with Gasteiger partial charge in [0.05, 0.1) is 0 Å². The van der Waals surface area contributed by atoms with Crippen LogP contribution < -0.4 is 0 Å². The Morgan fingerprint density at radius 1 is 1.25 bits per heavy atom. The summed E-state index contributed by atoms with van der Waals surface area (Å²) >= 11 is 3.40. The van der Waals surface area contributed by atoms with E-state index in [0.717, 1.165) is 36.1 Å². The number of likely N-dealkylation sites (tertiary alicyclic amines) is 1. The summed E-state index contributed by atoms with van der Waals surface area (Å²) in [4.78, 5) is 14.3. The average Bonchev–Trinajstić information content (AvgIpc) is 2.49. The molecule has 0 N–H and O–H groups in total. The molecule has 1 amide bonds. The number of aromatic nitrogens is 1. The minimum atomic E-state index is 0.162. The van der Waals surface area contributed by atoms with E-state index in [2.05, 4.69) is 15.9 Å². The summed E-state index contributed by atoms with van der Waals surface area (Å²) in [5.74, 6) is 0.162. The van der Waals surface area contributed by atoms with Crippen LogP contribution in [0.5, 0.6) is 0 Å². The average molecular weight is 285 g/mol. The van der Waals surface area contributed by atoms with Gasteiger partial charge in [-0.3, -0.25) is 4.79 Å². The fourth-order valence-electron chi connectivity index (χ4n) is 2.17. The Kier molecular flexibility index (Phi) is 3.69. The van der Waals surface area contributed by atoms with Crippen molar-refractivity contribution in [2.75, 3.05) is 13.1 Å². The third-order valence-corrected chi connectivity index (χ3v) is 3.52. The molecule has 1 aromatic heterocycles. The number of carbonyl (C=O) groups is 1. The molecule has 88 valence electrons. The Bertz CT molecular complexity index is 378. The van der Waals surface area contributed by atoms with E-state index in [4.69, 9.17) is 0 Å². The molecule has 2 heterocycles. The lowest BCUT2D eigenvalue weighted by Gasteiger charge is -2.20. The van der Waals surface area contributed by atoms with Crippen LogP contribution in [0.25, 0.3) is 0 Å². The van der Waals surface area contributed by atoms with Gasteiger partial charge in [-0.25, -0.2) is 0 Å². The molecule has 0 aromatic carbocycles. The van der Waals surface area contributed by atoms with Gasteiger partial charge in [-0.15, -0.1) is 0 Å². The van der Waals surface area contributed by atoms with Crippen molar-refractivity contribution < 1.29 is 4.79 Å². The van der Waals surface area contributed by atoms with Crippen LogP contribution in [0.15, 0.2) is 16.7 Å². The predicted molar refractivity (Wildman–Crippen MR) is 67.5 cm³/mol. The fourth-order valence-corrected chi connectivity index (χ4v) is 2.70. The van der Waals surface area contributed by atoms with Gasteiger partial charge >= 0.3 is 0 Å². The van der Waals surface area contributed by atoms with Gasteiger partial charge in [0.1, 0.15) is 5.69 Å². The van der Waals surface area contributed by atoms with Crippen LogP contribution in [-0.2, 0) is 7.05 Å². The van der Waals surface area contributed by atoms with Gasteiger partial charge in [-0.05, 0) is 34.8 Å². The largest absolute Gasteiger partial charge is 0.345 e. The maximum atomic E-state index is 12.3. The minimum absolute atomic E-state index is 0.162. The molecule has 0 unspecified atom stereocenters. The number of nitrogens with zero attached hydrogens (tertiary/aromatic N) is 2. The molecule has 4 heteroatoms. The molecule has 0 atom stereocenters. The molecular formula is C12H17BrN2O. The van der Waals surface area contributed by atoms with E-state index in [1.807, 2.05) is 28.8 Å². The first-order chi connectivity index (χ1) is 7.68. The van der Waals surface area contributed by atoms with Crippen LogP contribution in [0.3, 0.4) is 0 Å². The molecule has 1 aromatic rings. The van der Waals surface area contributed by atoms with E-state index in [-0.39, 0.29) is 5.91 Å². The highest BCUT2D eigenvalue weighted by Gasteiger charge is 2.19. The van der Waals surface area contributed by atoms with Crippen molar-refractivity contribution in [1.29, 1.82) is 0 Å². The predicted octanol–water partition coefficient (Wildman–Crippen LogP) is 2.80. The first-order valence-corrected chi connectivity index (χ1v) is 6.59. The molecule has 0 saturated carbocycles. The molecule has 1 aliphatic heterocycles. The van der Waals surface area contributed by atoms with Crippen LogP contribution in [0, 0.1) is 0 Å². The van der Waals surface area contributed by atoms with Gasteiger partial charge in [-0.1, -0.05) is 12.8 Å². The topological polar surface area (TPSA) is 25.2 Å². The maximum Gasteiger partial charge on any atom is 0.270 e. The van der Waals surface area contributed by atoms with Crippen molar-refractivity contribution in [2.24, 2.45) is 7.05 Å². The lowest BCUT2D eigenvalue weighted by atomic mass is 10.2. The standard InChI is InChI=1S/C12H17BrN2O/c1-14-9-10(13)8-11(14)12(16)15-6-4-2-3-5-7-15/h8-9H,2-7H2,1H3. The Hall–Kier alpha value is -0.770. The van der Waals surface area contributed by atoms with Crippen molar-refractivity contribution in [2.45, 2.75) is 25.7 Å². The zero-order valence-corrected chi connectivity index (χ0v) is 11.2. The summed E-state index contributed by atoms with van der Waals surface area (Å²) in [5.41, 5.74) is 0.772. The number of halogens is 1. The van der Waals surface area contributed by atoms with E-state index in [1.54, 1.807) is 0 Å². The SMILES string of the molecule is Cn1cc(Br)cc1C(=O)N1CCCCCC1. The smallest absolute Gasteiger partial charge is 0.270 e. The van der Waals surface area contributed by atoms with Gasteiger partial charge in [0.15, 0.2) is 0 Å². The Labute approximate surface area is 105 Å².